The van der Waals surface area contributed by atoms with Crippen LogP contribution in [0.1, 0.15) is 46.0 Å². The maximum absolute atomic E-state index is 9.31. The van der Waals surface area contributed by atoms with Gasteiger partial charge >= 0.3 is 0 Å². The molecule has 0 radical (unpaired) electrons. The Labute approximate surface area is 125 Å². The van der Waals surface area contributed by atoms with Gasteiger partial charge in [0, 0.05) is 6.04 Å². The van der Waals surface area contributed by atoms with Crippen molar-refractivity contribution in [2.45, 2.75) is 57.5 Å². The number of likely N-dealkylation sites (tertiary alicyclic amines) is 1. The van der Waals surface area contributed by atoms with Crippen LogP contribution < -0.4 is 5.32 Å². The molecule has 1 aliphatic heterocycles. The molecule has 4 heteroatoms. The maximum atomic E-state index is 9.31. The van der Waals surface area contributed by atoms with E-state index in [2.05, 4.69) is 42.2 Å². The van der Waals surface area contributed by atoms with Crippen LogP contribution in [0.5, 0.6) is 0 Å². The first-order chi connectivity index (χ1) is 9.50. The molecule has 0 amide bonds. The Bertz CT molecular complexity index is 302. The fourth-order valence-electron chi connectivity index (χ4n) is 2.90. The van der Waals surface area contributed by atoms with Crippen LogP contribution in [-0.4, -0.2) is 61.7 Å². The molecule has 0 saturated carbocycles. The molecule has 1 aliphatic rings. The van der Waals surface area contributed by atoms with Gasteiger partial charge in [0.2, 0.25) is 0 Å². The normalized spacial score (nSPS) is 20.8. The van der Waals surface area contributed by atoms with Gasteiger partial charge in [-0.1, -0.05) is 6.92 Å². The SMILES string of the molecule is CCCNC(C)(C#N)CCCN1CCC(N(C)C)CC1. The summed E-state index contributed by atoms with van der Waals surface area (Å²) in [6.07, 6.45) is 5.67. The van der Waals surface area contributed by atoms with Crippen LogP contribution in [0.2, 0.25) is 0 Å². The Hall–Kier alpha value is -0.630. The predicted octanol–water partition coefficient (Wildman–Crippen LogP) is 2.07. The Kier molecular flexibility index (Phi) is 7.50. The molecule has 0 spiro atoms. The van der Waals surface area contributed by atoms with Crippen molar-refractivity contribution in [3.05, 3.63) is 0 Å². The first kappa shape index (κ1) is 17.4. The summed E-state index contributed by atoms with van der Waals surface area (Å²) in [5, 5.41) is 12.7. The van der Waals surface area contributed by atoms with Crippen molar-refractivity contribution >= 4 is 0 Å². The van der Waals surface area contributed by atoms with Crippen molar-refractivity contribution in [3.8, 4) is 6.07 Å². The molecule has 1 atom stereocenters. The Morgan fingerprint density at radius 2 is 2.00 bits per heavy atom. The van der Waals surface area contributed by atoms with Crippen LogP contribution in [0, 0.1) is 11.3 Å². The molecule has 1 heterocycles. The zero-order chi connectivity index (χ0) is 15.0. The van der Waals surface area contributed by atoms with E-state index in [0.717, 1.165) is 38.4 Å². The fraction of sp³-hybridized carbons (Fsp3) is 0.938. The van der Waals surface area contributed by atoms with Crippen LogP contribution >= 0.6 is 0 Å². The lowest BCUT2D eigenvalue weighted by Crippen LogP contribution is -2.44. The molecule has 0 aromatic rings. The summed E-state index contributed by atoms with van der Waals surface area (Å²) >= 11 is 0. The van der Waals surface area contributed by atoms with E-state index in [9.17, 15) is 5.26 Å². The van der Waals surface area contributed by atoms with E-state index in [-0.39, 0.29) is 5.54 Å². The highest BCUT2D eigenvalue weighted by Crippen LogP contribution is 2.16. The first-order valence-corrected chi connectivity index (χ1v) is 8.06. The molecule has 4 nitrogen and oxygen atoms in total. The predicted molar refractivity (Wildman–Crippen MR) is 84.7 cm³/mol. The molecule has 1 N–H and O–H groups in total. The van der Waals surface area contributed by atoms with E-state index in [1.165, 1.54) is 25.9 Å². The van der Waals surface area contributed by atoms with Gasteiger partial charge in [0.25, 0.3) is 0 Å². The number of piperidine rings is 1. The van der Waals surface area contributed by atoms with Crippen molar-refractivity contribution in [2.24, 2.45) is 0 Å². The Morgan fingerprint density at radius 1 is 1.35 bits per heavy atom. The second-order valence-corrected chi connectivity index (χ2v) is 6.51. The zero-order valence-electron chi connectivity index (χ0n) is 13.8. The molecular weight excluding hydrogens is 248 g/mol. The molecule has 20 heavy (non-hydrogen) atoms. The van der Waals surface area contributed by atoms with E-state index < -0.39 is 0 Å². The van der Waals surface area contributed by atoms with Gasteiger partial charge in [-0.05, 0) is 79.3 Å². The van der Waals surface area contributed by atoms with Gasteiger partial charge in [0.05, 0.1) is 6.07 Å². The maximum Gasteiger partial charge on any atom is 0.103 e. The van der Waals surface area contributed by atoms with Crippen molar-refractivity contribution in [3.63, 3.8) is 0 Å². The fourth-order valence-corrected chi connectivity index (χ4v) is 2.90. The van der Waals surface area contributed by atoms with E-state index >= 15 is 0 Å². The lowest BCUT2D eigenvalue weighted by Gasteiger charge is -2.35. The van der Waals surface area contributed by atoms with E-state index in [4.69, 9.17) is 0 Å². The lowest BCUT2D eigenvalue weighted by molar-refractivity contribution is 0.141. The minimum Gasteiger partial charge on any atom is -0.306 e. The van der Waals surface area contributed by atoms with Crippen molar-refractivity contribution in [2.75, 3.05) is 40.3 Å². The minimum atomic E-state index is -0.349. The average Bonchev–Trinajstić information content (AvgIpc) is 2.45. The van der Waals surface area contributed by atoms with Gasteiger partial charge in [-0.2, -0.15) is 5.26 Å². The molecule has 1 fully saturated rings. The van der Waals surface area contributed by atoms with Crippen LogP contribution in [-0.2, 0) is 0 Å². The number of nitrogens with one attached hydrogen (secondary N) is 1. The summed E-state index contributed by atoms with van der Waals surface area (Å²) < 4.78 is 0. The molecule has 0 aromatic carbocycles. The largest absolute Gasteiger partial charge is 0.306 e. The number of hydrogen-bond donors (Lipinski definition) is 1. The third kappa shape index (κ3) is 5.78. The average molecular weight is 280 g/mol. The molecule has 0 aromatic heterocycles. The summed E-state index contributed by atoms with van der Waals surface area (Å²) in [7, 11) is 4.36. The highest BCUT2D eigenvalue weighted by molar-refractivity contribution is 5.03. The van der Waals surface area contributed by atoms with Crippen molar-refractivity contribution in [1.29, 1.82) is 5.26 Å². The highest BCUT2D eigenvalue weighted by atomic mass is 15.2. The summed E-state index contributed by atoms with van der Waals surface area (Å²) in [4.78, 5) is 4.90. The molecule has 0 aliphatic carbocycles. The zero-order valence-corrected chi connectivity index (χ0v) is 13.8. The number of hydrogen-bond acceptors (Lipinski definition) is 4. The Balaban J connectivity index is 2.23. The van der Waals surface area contributed by atoms with Crippen LogP contribution in [0.3, 0.4) is 0 Å². The van der Waals surface area contributed by atoms with Crippen LogP contribution in [0.4, 0.5) is 0 Å². The monoisotopic (exact) mass is 280 g/mol. The number of nitriles is 1. The molecule has 1 rings (SSSR count). The van der Waals surface area contributed by atoms with Crippen LogP contribution in [0.15, 0.2) is 0 Å². The number of rotatable bonds is 8. The standard InChI is InChI=1S/C16H32N4/c1-5-10-18-16(2,14-17)9-6-11-20-12-7-15(8-13-20)19(3)4/h15,18H,5-13H2,1-4H3. The van der Waals surface area contributed by atoms with Gasteiger partial charge < -0.3 is 9.80 Å². The highest BCUT2D eigenvalue weighted by Gasteiger charge is 2.24. The summed E-state index contributed by atoms with van der Waals surface area (Å²) in [6, 6.07) is 3.19. The van der Waals surface area contributed by atoms with E-state index in [1.807, 2.05) is 6.92 Å². The van der Waals surface area contributed by atoms with Gasteiger partial charge in [-0.15, -0.1) is 0 Å². The molecular formula is C16H32N4. The van der Waals surface area contributed by atoms with Gasteiger partial charge in [-0.25, -0.2) is 0 Å². The molecule has 116 valence electrons. The topological polar surface area (TPSA) is 42.3 Å². The third-order valence-electron chi connectivity index (χ3n) is 4.45. The molecule has 0 bridgehead atoms. The van der Waals surface area contributed by atoms with E-state index in [1.54, 1.807) is 0 Å². The lowest BCUT2D eigenvalue weighted by atomic mass is 9.96. The van der Waals surface area contributed by atoms with Gasteiger partial charge in [-0.3, -0.25) is 5.32 Å². The van der Waals surface area contributed by atoms with Crippen LogP contribution in [0.25, 0.3) is 0 Å². The summed E-state index contributed by atoms with van der Waals surface area (Å²) in [5.41, 5.74) is -0.349. The quantitative estimate of drug-likeness (QED) is 0.739. The smallest absolute Gasteiger partial charge is 0.103 e. The third-order valence-corrected chi connectivity index (χ3v) is 4.45. The minimum absolute atomic E-state index is 0.349. The number of nitrogens with zero attached hydrogens (tertiary/aromatic N) is 3. The Morgan fingerprint density at radius 3 is 2.50 bits per heavy atom. The van der Waals surface area contributed by atoms with Gasteiger partial charge in [0.1, 0.15) is 5.54 Å². The van der Waals surface area contributed by atoms with Crippen molar-refractivity contribution in [1.82, 2.24) is 15.1 Å². The second-order valence-electron chi connectivity index (χ2n) is 6.51. The summed E-state index contributed by atoms with van der Waals surface area (Å²) in [6.45, 7) is 8.63. The molecule has 1 saturated heterocycles. The summed E-state index contributed by atoms with van der Waals surface area (Å²) in [5.74, 6) is 0. The second kappa shape index (κ2) is 8.61. The molecule has 1 unspecified atom stereocenters. The van der Waals surface area contributed by atoms with Crippen molar-refractivity contribution < 1.29 is 0 Å². The van der Waals surface area contributed by atoms with Gasteiger partial charge in [0.15, 0.2) is 0 Å². The first-order valence-electron chi connectivity index (χ1n) is 8.06. The van der Waals surface area contributed by atoms with E-state index in [0.29, 0.717) is 0 Å².